The number of benzene rings is 1. The van der Waals surface area contributed by atoms with Crippen molar-refractivity contribution in [3.05, 3.63) is 24.3 Å². The van der Waals surface area contributed by atoms with Crippen LogP contribution in [-0.2, 0) is 14.8 Å². The number of anilines is 1. The van der Waals surface area contributed by atoms with Crippen molar-refractivity contribution >= 4 is 33.2 Å². The summed E-state index contributed by atoms with van der Waals surface area (Å²) in [5.74, 6) is 0.0499. The predicted molar refractivity (Wildman–Crippen MR) is 75.9 cm³/mol. The molecular formula is C12H17ClN2O3S. The van der Waals surface area contributed by atoms with Gasteiger partial charge in [0.15, 0.2) is 0 Å². The molecule has 0 unspecified atom stereocenters. The van der Waals surface area contributed by atoms with Crippen LogP contribution in [0.5, 0.6) is 0 Å². The van der Waals surface area contributed by atoms with E-state index in [-0.39, 0.29) is 23.1 Å². The molecule has 0 saturated carbocycles. The van der Waals surface area contributed by atoms with Gasteiger partial charge in [-0.2, -0.15) is 0 Å². The molecule has 0 heterocycles. The van der Waals surface area contributed by atoms with E-state index in [1.54, 1.807) is 12.1 Å². The number of hydrogen-bond donors (Lipinski definition) is 2. The van der Waals surface area contributed by atoms with Crippen LogP contribution >= 0.6 is 11.6 Å². The Balaban J connectivity index is 2.73. The van der Waals surface area contributed by atoms with Crippen LogP contribution in [0.1, 0.15) is 19.8 Å². The largest absolute Gasteiger partial charge is 0.326 e. The van der Waals surface area contributed by atoms with Crippen LogP contribution in [0.3, 0.4) is 0 Å². The van der Waals surface area contributed by atoms with Gasteiger partial charge in [0, 0.05) is 24.5 Å². The molecule has 7 heteroatoms. The second-order valence-corrected chi connectivity index (χ2v) is 6.05. The lowest BCUT2D eigenvalue weighted by Crippen LogP contribution is -2.24. The minimum Gasteiger partial charge on any atom is -0.326 e. The summed E-state index contributed by atoms with van der Waals surface area (Å²) in [5, 5.41) is 2.63. The molecule has 0 spiro atoms. The number of halogens is 1. The van der Waals surface area contributed by atoms with Crippen LogP contribution in [-0.4, -0.2) is 26.7 Å². The third kappa shape index (κ3) is 5.18. The average Bonchev–Trinajstić information content (AvgIpc) is 2.37. The highest BCUT2D eigenvalue weighted by atomic mass is 35.5. The van der Waals surface area contributed by atoms with Crippen LogP contribution < -0.4 is 10.0 Å². The molecule has 2 N–H and O–H groups in total. The van der Waals surface area contributed by atoms with Gasteiger partial charge in [0.25, 0.3) is 0 Å². The van der Waals surface area contributed by atoms with Crippen LogP contribution in [0.25, 0.3) is 0 Å². The number of amides is 1. The zero-order valence-electron chi connectivity index (χ0n) is 10.6. The van der Waals surface area contributed by atoms with Crippen LogP contribution in [0.2, 0.25) is 0 Å². The number of rotatable bonds is 7. The summed E-state index contributed by atoms with van der Waals surface area (Å²) < 4.78 is 26.1. The first kappa shape index (κ1) is 15.9. The summed E-state index contributed by atoms with van der Waals surface area (Å²) in [6, 6.07) is 6.00. The van der Waals surface area contributed by atoms with Gasteiger partial charge in [-0.15, -0.1) is 11.6 Å². The highest BCUT2D eigenvalue weighted by molar-refractivity contribution is 7.89. The second kappa shape index (κ2) is 7.47. The highest BCUT2D eigenvalue weighted by Crippen LogP contribution is 2.14. The summed E-state index contributed by atoms with van der Waals surface area (Å²) >= 11 is 5.45. The third-order valence-electron chi connectivity index (χ3n) is 2.31. The fourth-order valence-corrected chi connectivity index (χ4v) is 2.65. The molecule has 0 aliphatic heterocycles. The Morgan fingerprint density at radius 1 is 1.26 bits per heavy atom. The molecule has 0 aliphatic rings. The van der Waals surface area contributed by atoms with Crippen molar-refractivity contribution < 1.29 is 13.2 Å². The van der Waals surface area contributed by atoms with E-state index < -0.39 is 10.0 Å². The maximum absolute atomic E-state index is 11.8. The van der Waals surface area contributed by atoms with E-state index in [4.69, 9.17) is 11.6 Å². The normalized spacial score (nSPS) is 11.3. The number of hydrogen-bond acceptors (Lipinski definition) is 3. The van der Waals surface area contributed by atoms with Crippen molar-refractivity contribution in [2.75, 3.05) is 17.7 Å². The number of sulfonamides is 1. The van der Waals surface area contributed by atoms with Crippen molar-refractivity contribution in [3.8, 4) is 0 Å². The van der Waals surface area contributed by atoms with Gasteiger partial charge >= 0.3 is 0 Å². The van der Waals surface area contributed by atoms with Gasteiger partial charge in [-0.1, -0.05) is 6.92 Å². The lowest BCUT2D eigenvalue weighted by Gasteiger charge is -2.07. The fraction of sp³-hybridized carbons (Fsp3) is 0.417. The van der Waals surface area contributed by atoms with Crippen molar-refractivity contribution in [1.29, 1.82) is 0 Å². The minimum absolute atomic E-state index is 0.177. The first-order valence-electron chi connectivity index (χ1n) is 5.95. The Morgan fingerprint density at radius 3 is 2.42 bits per heavy atom. The number of alkyl halides is 1. The molecule has 0 bridgehead atoms. The Hall–Kier alpha value is -1.11. The first-order valence-corrected chi connectivity index (χ1v) is 7.97. The van der Waals surface area contributed by atoms with Crippen LogP contribution in [0.15, 0.2) is 29.2 Å². The van der Waals surface area contributed by atoms with Crippen molar-refractivity contribution in [2.24, 2.45) is 0 Å². The van der Waals surface area contributed by atoms with Crippen LogP contribution in [0.4, 0.5) is 5.69 Å². The monoisotopic (exact) mass is 304 g/mol. The van der Waals surface area contributed by atoms with E-state index in [1.807, 2.05) is 6.92 Å². The molecule has 19 heavy (non-hydrogen) atoms. The summed E-state index contributed by atoms with van der Waals surface area (Å²) in [6.45, 7) is 2.29. The van der Waals surface area contributed by atoms with Gasteiger partial charge in [-0.05, 0) is 30.7 Å². The zero-order valence-corrected chi connectivity index (χ0v) is 12.2. The summed E-state index contributed by atoms with van der Waals surface area (Å²) in [6.07, 6.45) is 0.950. The quantitative estimate of drug-likeness (QED) is 0.756. The summed E-state index contributed by atoms with van der Waals surface area (Å²) in [7, 11) is -3.46. The van der Waals surface area contributed by atoms with Crippen molar-refractivity contribution in [1.82, 2.24) is 4.72 Å². The number of nitrogens with one attached hydrogen (secondary N) is 2. The van der Waals surface area contributed by atoms with E-state index in [2.05, 4.69) is 10.0 Å². The van der Waals surface area contributed by atoms with Gasteiger partial charge in [-0.25, -0.2) is 13.1 Å². The van der Waals surface area contributed by atoms with Gasteiger partial charge in [0.05, 0.1) is 4.90 Å². The minimum atomic E-state index is -3.46. The fourth-order valence-electron chi connectivity index (χ4n) is 1.35. The third-order valence-corrected chi connectivity index (χ3v) is 3.98. The molecule has 0 aliphatic carbocycles. The maximum atomic E-state index is 11.8. The first-order chi connectivity index (χ1) is 8.99. The highest BCUT2D eigenvalue weighted by Gasteiger charge is 2.12. The molecule has 0 atom stereocenters. The molecule has 0 aromatic heterocycles. The number of carbonyl (C=O) groups excluding carboxylic acids is 1. The van der Waals surface area contributed by atoms with E-state index >= 15 is 0 Å². The molecule has 1 rings (SSSR count). The van der Waals surface area contributed by atoms with Gasteiger partial charge in [0.1, 0.15) is 0 Å². The lowest BCUT2D eigenvalue weighted by molar-refractivity contribution is -0.115. The van der Waals surface area contributed by atoms with Gasteiger partial charge in [-0.3, -0.25) is 4.79 Å². The van der Waals surface area contributed by atoms with Crippen molar-refractivity contribution in [2.45, 2.75) is 24.7 Å². The molecule has 1 aromatic rings. The van der Waals surface area contributed by atoms with E-state index in [9.17, 15) is 13.2 Å². The molecule has 0 radical (unpaired) electrons. The second-order valence-electron chi connectivity index (χ2n) is 3.91. The molecule has 5 nitrogen and oxygen atoms in total. The molecule has 0 saturated heterocycles. The Kier molecular flexibility index (Phi) is 6.27. The number of carbonyl (C=O) groups is 1. The summed E-state index contributed by atoms with van der Waals surface area (Å²) in [5.41, 5.74) is 0.546. The van der Waals surface area contributed by atoms with Crippen molar-refractivity contribution in [3.63, 3.8) is 0 Å². The lowest BCUT2D eigenvalue weighted by atomic mass is 10.3. The summed E-state index contributed by atoms with van der Waals surface area (Å²) in [4.78, 5) is 11.5. The Morgan fingerprint density at radius 2 is 1.89 bits per heavy atom. The predicted octanol–water partition coefficient (Wildman–Crippen LogP) is 1.94. The average molecular weight is 305 g/mol. The Labute approximate surface area is 118 Å². The molecular weight excluding hydrogens is 288 g/mol. The molecule has 0 fully saturated rings. The van der Waals surface area contributed by atoms with Gasteiger partial charge in [0.2, 0.25) is 15.9 Å². The molecule has 106 valence electrons. The maximum Gasteiger partial charge on any atom is 0.240 e. The SMILES string of the molecule is CCCNS(=O)(=O)c1ccc(NC(=O)CCCl)cc1. The molecule has 1 amide bonds. The van der Waals surface area contributed by atoms with Gasteiger partial charge < -0.3 is 5.32 Å². The van der Waals surface area contributed by atoms with Crippen LogP contribution in [0, 0.1) is 0 Å². The smallest absolute Gasteiger partial charge is 0.240 e. The zero-order chi connectivity index (χ0) is 14.3. The Bertz CT molecular complexity index is 514. The van der Waals surface area contributed by atoms with E-state index in [0.717, 1.165) is 6.42 Å². The topological polar surface area (TPSA) is 75.3 Å². The van der Waals surface area contributed by atoms with E-state index in [0.29, 0.717) is 12.2 Å². The van der Waals surface area contributed by atoms with E-state index in [1.165, 1.54) is 12.1 Å². The molecule has 1 aromatic carbocycles. The standard InChI is InChI=1S/C12H17ClN2O3S/c1-2-9-14-19(17,18)11-5-3-10(4-6-11)15-12(16)7-8-13/h3-6,14H,2,7-9H2,1H3,(H,15,16).